The molecule has 5 heteroatoms. The molecule has 78 valence electrons. The molecule has 0 saturated heterocycles. The molecule has 0 radical (unpaired) electrons. The van der Waals surface area contributed by atoms with Crippen molar-refractivity contribution in [2.75, 3.05) is 20.3 Å². The summed E-state index contributed by atoms with van der Waals surface area (Å²) in [6.45, 7) is 3.29. The number of carbonyl (C=O) groups is 1. The van der Waals surface area contributed by atoms with Crippen LogP contribution in [-0.4, -0.2) is 31.3 Å². The van der Waals surface area contributed by atoms with Gasteiger partial charge in [0, 0.05) is 13.0 Å². The molecule has 0 unspecified atom stereocenters. The minimum absolute atomic E-state index is 0.329. The predicted molar refractivity (Wildman–Crippen MR) is 53.7 cm³/mol. The van der Waals surface area contributed by atoms with Crippen LogP contribution in [0.4, 0.5) is 0 Å². The highest BCUT2D eigenvalue weighted by molar-refractivity contribution is 7.13. The molecule has 0 bridgehead atoms. The highest BCUT2D eigenvalue weighted by Gasteiger charge is 2.09. The van der Waals surface area contributed by atoms with Gasteiger partial charge in [-0.05, 0) is 6.92 Å². The molecule has 0 amide bonds. The zero-order chi connectivity index (χ0) is 10.4. The van der Waals surface area contributed by atoms with Crippen LogP contribution < -0.4 is 0 Å². The van der Waals surface area contributed by atoms with E-state index in [0.717, 1.165) is 11.4 Å². The Labute approximate surface area is 86.9 Å². The van der Waals surface area contributed by atoms with Crippen molar-refractivity contribution in [2.24, 2.45) is 0 Å². The topological polar surface area (TPSA) is 48.4 Å². The second-order valence-electron chi connectivity index (χ2n) is 2.56. The van der Waals surface area contributed by atoms with Crippen LogP contribution in [0.15, 0.2) is 6.20 Å². The van der Waals surface area contributed by atoms with E-state index in [2.05, 4.69) is 9.72 Å². The second-order valence-corrected chi connectivity index (χ2v) is 3.67. The fourth-order valence-corrected chi connectivity index (χ4v) is 1.74. The zero-order valence-electron chi connectivity index (χ0n) is 8.28. The lowest BCUT2D eigenvalue weighted by Crippen LogP contribution is -1.97. The molecule has 4 nitrogen and oxygen atoms in total. The summed E-state index contributed by atoms with van der Waals surface area (Å²) in [7, 11) is 1.36. The van der Waals surface area contributed by atoms with Gasteiger partial charge in [-0.25, -0.2) is 9.78 Å². The van der Waals surface area contributed by atoms with Gasteiger partial charge in [0.1, 0.15) is 4.88 Å². The Hall–Kier alpha value is -0.940. The number of ether oxygens (including phenoxy) is 2. The summed E-state index contributed by atoms with van der Waals surface area (Å²) in [5, 5.41) is 0.902. The molecule has 0 fully saturated rings. The average Bonchev–Trinajstić information content (AvgIpc) is 2.66. The monoisotopic (exact) mass is 215 g/mol. The van der Waals surface area contributed by atoms with Crippen molar-refractivity contribution in [1.82, 2.24) is 4.98 Å². The summed E-state index contributed by atoms with van der Waals surface area (Å²) in [5.74, 6) is -0.329. The molecular formula is C9H13NO3S. The highest BCUT2D eigenvalue weighted by Crippen LogP contribution is 2.14. The highest BCUT2D eigenvalue weighted by atomic mass is 32.1. The van der Waals surface area contributed by atoms with Gasteiger partial charge in [-0.1, -0.05) is 0 Å². The van der Waals surface area contributed by atoms with Crippen LogP contribution in [0.1, 0.15) is 21.6 Å². The molecule has 0 saturated carbocycles. The van der Waals surface area contributed by atoms with Gasteiger partial charge in [0.15, 0.2) is 0 Å². The van der Waals surface area contributed by atoms with Gasteiger partial charge in [0.25, 0.3) is 0 Å². The summed E-state index contributed by atoms with van der Waals surface area (Å²) in [6, 6.07) is 0. The predicted octanol–water partition coefficient (Wildman–Crippen LogP) is 1.51. The van der Waals surface area contributed by atoms with E-state index in [-0.39, 0.29) is 5.97 Å². The Bertz CT molecular complexity index is 298. The largest absolute Gasteiger partial charge is 0.465 e. The lowest BCUT2D eigenvalue weighted by atomic mass is 10.5. The molecular weight excluding hydrogens is 202 g/mol. The number of methoxy groups -OCH3 is 1. The van der Waals surface area contributed by atoms with Gasteiger partial charge in [0.2, 0.25) is 0 Å². The molecule has 0 aliphatic heterocycles. The number of hydrogen-bond donors (Lipinski definition) is 0. The molecule has 1 heterocycles. The van der Waals surface area contributed by atoms with Crippen molar-refractivity contribution in [3.8, 4) is 0 Å². The van der Waals surface area contributed by atoms with Crippen LogP contribution in [0.2, 0.25) is 0 Å². The maximum atomic E-state index is 11.1. The molecule has 0 aliphatic carbocycles. The van der Waals surface area contributed by atoms with E-state index >= 15 is 0 Å². The van der Waals surface area contributed by atoms with Gasteiger partial charge in [0.05, 0.1) is 24.9 Å². The summed E-state index contributed by atoms with van der Waals surface area (Å²) >= 11 is 1.35. The van der Waals surface area contributed by atoms with Crippen LogP contribution in [0.5, 0.6) is 0 Å². The van der Waals surface area contributed by atoms with Gasteiger partial charge in [-0.3, -0.25) is 0 Å². The molecule has 0 aromatic carbocycles. The van der Waals surface area contributed by atoms with Crippen molar-refractivity contribution in [2.45, 2.75) is 13.3 Å². The van der Waals surface area contributed by atoms with Crippen molar-refractivity contribution in [1.29, 1.82) is 0 Å². The maximum Gasteiger partial charge on any atom is 0.349 e. The molecule has 1 rings (SSSR count). The Morgan fingerprint density at radius 1 is 1.64 bits per heavy atom. The quantitative estimate of drug-likeness (QED) is 0.552. The van der Waals surface area contributed by atoms with E-state index in [1.54, 1.807) is 0 Å². The maximum absolute atomic E-state index is 11.1. The number of rotatable bonds is 5. The fourth-order valence-electron chi connectivity index (χ4n) is 0.925. The van der Waals surface area contributed by atoms with Crippen molar-refractivity contribution >= 4 is 17.3 Å². The first-order valence-corrected chi connectivity index (χ1v) is 5.20. The molecule has 0 aliphatic rings. The number of aromatic nitrogens is 1. The third-order valence-corrected chi connectivity index (χ3v) is 2.64. The fraction of sp³-hybridized carbons (Fsp3) is 0.556. The Morgan fingerprint density at radius 3 is 3.07 bits per heavy atom. The third-order valence-electron chi connectivity index (χ3n) is 1.60. The molecule has 14 heavy (non-hydrogen) atoms. The Kier molecular flexibility index (Phi) is 4.55. The normalized spacial score (nSPS) is 10.1. The van der Waals surface area contributed by atoms with E-state index in [4.69, 9.17) is 4.74 Å². The SMILES string of the molecule is CCOCCc1ncc(C(=O)OC)s1. The summed E-state index contributed by atoms with van der Waals surface area (Å²) < 4.78 is 9.76. The number of carbonyl (C=O) groups excluding carboxylic acids is 1. The molecule has 1 aromatic heterocycles. The van der Waals surface area contributed by atoms with E-state index in [1.807, 2.05) is 6.92 Å². The molecule has 0 N–H and O–H groups in total. The standard InChI is InChI=1S/C9H13NO3S/c1-3-13-5-4-8-10-6-7(14-8)9(11)12-2/h6H,3-5H2,1-2H3. The van der Waals surface area contributed by atoms with Crippen LogP contribution in [0.25, 0.3) is 0 Å². The number of esters is 1. The van der Waals surface area contributed by atoms with Crippen LogP contribution in [0, 0.1) is 0 Å². The molecule has 0 spiro atoms. The van der Waals surface area contributed by atoms with Crippen LogP contribution >= 0.6 is 11.3 Å². The first-order chi connectivity index (χ1) is 6.77. The smallest absolute Gasteiger partial charge is 0.349 e. The van der Waals surface area contributed by atoms with Crippen molar-refractivity contribution < 1.29 is 14.3 Å². The van der Waals surface area contributed by atoms with Crippen molar-refractivity contribution in [3.05, 3.63) is 16.1 Å². The summed E-state index contributed by atoms with van der Waals surface area (Å²) in [5.41, 5.74) is 0. The van der Waals surface area contributed by atoms with Gasteiger partial charge >= 0.3 is 5.97 Å². The van der Waals surface area contributed by atoms with Gasteiger partial charge in [-0.15, -0.1) is 11.3 Å². The molecule has 0 atom stereocenters. The first-order valence-electron chi connectivity index (χ1n) is 4.38. The van der Waals surface area contributed by atoms with Crippen LogP contribution in [0.3, 0.4) is 0 Å². The third kappa shape index (κ3) is 3.08. The summed E-state index contributed by atoms with van der Waals surface area (Å²) in [6.07, 6.45) is 2.28. The second kappa shape index (κ2) is 5.72. The number of hydrogen-bond acceptors (Lipinski definition) is 5. The van der Waals surface area contributed by atoms with Gasteiger partial charge < -0.3 is 9.47 Å². The van der Waals surface area contributed by atoms with E-state index in [1.165, 1.54) is 24.6 Å². The average molecular weight is 215 g/mol. The van der Waals surface area contributed by atoms with E-state index < -0.39 is 0 Å². The molecule has 1 aromatic rings. The van der Waals surface area contributed by atoms with Gasteiger partial charge in [-0.2, -0.15) is 0 Å². The van der Waals surface area contributed by atoms with E-state index in [9.17, 15) is 4.79 Å². The van der Waals surface area contributed by atoms with Crippen molar-refractivity contribution in [3.63, 3.8) is 0 Å². The lowest BCUT2D eigenvalue weighted by Gasteiger charge is -1.96. The zero-order valence-corrected chi connectivity index (χ0v) is 9.10. The van der Waals surface area contributed by atoms with E-state index in [0.29, 0.717) is 18.1 Å². The lowest BCUT2D eigenvalue weighted by molar-refractivity contribution is 0.0606. The minimum atomic E-state index is -0.329. The number of thiazole rings is 1. The summed E-state index contributed by atoms with van der Waals surface area (Å²) in [4.78, 5) is 15.7. The Balaban J connectivity index is 2.46. The minimum Gasteiger partial charge on any atom is -0.465 e. The number of nitrogens with zero attached hydrogens (tertiary/aromatic N) is 1. The van der Waals surface area contributed by atoms with Crippen LogP contribution in [-0.2, 0) is 15.9 Å². The Morgan fingerprint density at radius 2 is 2.43 bits per heavy atom. The first kappa shape index (κ1) is 11.1.